The second-order valence-electron chi connectivity index (χ2n) is 3.96. The molecule has 0 saturated carbocycles. The van der Waals surface area contributed by atoms with Crippen LogP contribution in [0.25, 0.3) is 0 Å². The van der Waals surface area contributed by atoms with E-state index >= 15 is 0 Å². The molecular weight excluding hydrogens is 210 g/mol. The van der Waals surface area contributed by atoms with Gasteiger partial charge in [-0.15, -0.1) is 0 Å². The summed E-state index contributed by atoms with van der Waals surface area (Å²) < 4.78 is 25.6. The maximum absolute atomic E-state index is 12.8. The predicted molar refractivity (Wildman–Crippen MR) is 59.9 cm³/mol. The van der Waals surface area contributed by atoms with E-state index in [-0.39, 0.29) is 17.8 Å². The van der Waals surface area contributed by atoms with Gasteiger partial charge in [-0.1, -0.05) is 30.3 Å². The summed E-state index contributed by atoms with van der Waals surface area (Å²) in [6, 6.07) is 6.88. The van der Waals surface area contributed by atoms with Crippen molar-refractivity contribution < 1.29 is 13.6 Å². The highest BCUT2D eigenvalue weighted by molar-refractivity contribution is 5.97. The van der Waals surface area contributed by atoms with Crippen LogP contribution in [0.2, 0.25) is 0 Å². The summed E-state index contributed by atoms with van der Waals surface area (Å²) >= 11 is 0. The first-order valence-electron chi connectivity index (χ1n) is 4.96. The molecule has 86 valence electrons. The lowest BCUT2D eigenvalue weighted by Crippen LogP contribution is -2.16. The molecule has 1 aromatic carbocycles. The van der Waals surface area contributed by atoms with Crippen LogP contribution < -0.4 is 0 Å². The van der Waals surface area contributed by atoms with Crippen LogP contribution in [0.15, 0.2) is 36.4 Å². The fraction of sp³-hybridized carbons (Fsp3) is 0.308. The number of hydrogen-bond acceptors (Lipinski definition) is 1. The molecule has 0 N–H and O–H groups in total. The number of carbonyl (C=O) groups is 1. The van der Waals surface area contributed by atoms with Crippen LogP contribution in [-0.2, 0) is 0 Å². The Balaban J connectivity index is 2.78. The van der Waals surface area contributed by atoms with Gasteiger partial charge in [0.2, 0.25) is 0 Å². The molecule has 16 heavy (non-hydrogen) atoms. The van der Waals surface area contributed by atoms with E-state index in [9.17, 15) is 13.6 Å². The zero-order chi connectivity index (χ0) is 12.3. The van der Waals surface area contributed by atoms with Crippen LogP contribution in [0.4, 0.5) is 8.78 Å². The number of benzene rings is 1. The van der Waals surface area contributed by atoms with Gasteiger partial charge in [0.25, 0.3) is 5.92 Å². The van der Waals surface area contributed by atoms with Crippen LogP contribution in [0.1, 0.15) is 29.3 Å². The molecule has 0 bridgehead atoms. The molecule has 1 nitrogen and oxygen atoms in total. The van der Waals surface area contributed by atoms with E-state index in [1.54, 1.807) is 18.2 Å². The number of ketones is 1. The fourth-order valence-corrected chi connectivity index (χ4v) is 1.27. The smallest absolute Gasteiger partial charge is 0.266 e. The minimum atomic E-state index is -3.00. The number of allylic oxidation sites excluding steroid dienone is 1. The van der Waals surface area contributed by atoms with Gasteiger partial charge in [0.15, 0.2) is 5.78 Å². The van der Waals surface area contributed by atoms with Crippen LogP contribution in [0.3, 0.4) is 0 Å². The summed E-state index contributed by atoms with van der Waals surface area (Å²) in [4.78, 5) is 11.7. The number of hydrogen-bond donors (Lipinski definition) is 0. The molecule has 0 atom stereocenters. The molecule has 0 aliphatic carbocycles. The van der Waals surface area contributed by atoms with Crippen molar-refractivity contribution in [2.45, 2.75) is 26.2 Å². The molecule has 3 heteroatoms. The number of rotatable bonds is 4. The van der Waals surface area contributed by atoms with Crippen molar-refractivity contribution in [3.8, 4) is 0 Å². The predicted octanol–water partition coefficient (Wildman–Crippen LogP) is 3.78. The molecule has 0 aromatic heterocycles. The van der Waals surface area contributed by atoms with Crippen LogP contribution in [-0.4, -0.2) is 11.7 Å². The SMILES string of the molecule is C=C(CC(=O)c1cccc(C)c1)C(C)(F)F. The number of Topliss-reactive ketones (excluding diaryl/α,β-unsaturated/α-hetero) is 1. The number of carbonyl (C=O) groups excluding carboxylic acids is 1. The van der Waals surface area contributed by atoms with Crippen molar-refractivity contribution in [2.75, 3.05) is 0 Å². The van der Waals surface area contributed by atoms with Gasteiger partial charge in [0.05, 0.1) is 0 Å². The molecule has 0 saturated heterocycles. The van der Waals surface area contributed by atoms with E-state index in [1.165, 1.54) is 0 Å². The summed E-state index contributed by atoms with van der Waals surface area (Å²) in [5, 5.41) is 0. The average Bonchev–Trinajstić information content (AvgIpc) is 2.16. The van der Waals surface area contributed by atoms with E-state index in [4.69, 9.17) is 0 Å². The van der Waals surface area contributed by atoms with Gasteiger partial charge in [0.1, 0.15) is 0 Å². The molecule has 0 amide bonds. The highest BCUT2D eigenvalue weighted by Crippen LogP contribution is 2.25. The third-order valence-electron chi connectivity index (χ3n) is 2.33. The molecule has 1 aromatic rings. The number of aryl methyl sites for hydroxylation is 1. The second-order valence-corrected chi connectivity index (χ2v) is 3.96. The van der Waals surface area contributed by atoms with E-state index in [1.807, 2.05) is 13.0 Å². The Morgan fingerprint density at radius 1 is 1.44 bits per heavy atom. The second kappa shape index (κ2) is 4.56. The molecule has 0 fully saturated rings. The normalized spacial score (nSPS) is 11.2. The van der Waals surface area contributed by atoms with Crippen LogP contribution in [0.5, 0.6) is 0 Å². The minimum Gasteiger partial charge on any atom is -0.294 e. The Morgan fingerprint density at radius 2 is 2.06 bits per heavy atom. The van der Waals surface area contributed by atoms with Gasteiger partial charge >= 0.3 is 0 Å². The lowest BCUT2D eigenvalue weighted by Gasteiger charge is -2.12. The molecule has 0 radical (unpaired) electrons. The van der Waals surface area contributed by atoms with E-state index in [0.717, 1.165) is 12.5 Å². The largest absolute Gasteiger partial charge is 0.294 e. The highest BCUT2D eigenvalue weighted by Gasteiger charge is 2.27. The van der Waals surface area contributed by atoms with Crippen molar-refractivity contribution in [2.24, 2.45) is 0 Å². The standard InChI is InChI=1S/C13H14F2O/c1-9-5-4-6-11(7-9)12(16)8-10(2)13(3,14)15/h4-7H,2,8H2,1,3H3. The van der Waals surface area contributed by atoms with Crippen molar-refractivity contribution in [1.29, 1.82) is 0 Å². The summed E-state index contributed by atoms with van der Waals surface area (Å²) in [5.74, 6) is -3.32. The van der Waals surface area contributed by atoms with Crippen molar-refractivity contribution in [3.63, 3.8) is 0 Å². The molecule has 1 rings (SSSR count). The van der Waals surface area contributed by atoms with Crippen LogP contribution >= 0.6 is 0 Å². The van der Waals surface area contributed by atoms with Crippen molar-refractivity contribution in [3.05, 3.63) is 47.5 Å². The number of alkyl halides is 2. The summed E-state index contributed by atoms with van der Waals surface area (Å²) in [7, 11) is 0. The van der Waals surface area contributed by atoms with Gasteiger partial charge in [0, 0.05) is 18.9 Å². The molecular formula is C13H14F2O. The number of halogens is 2. The Bertz CT molecular complexity index is 416. The van der Waals surface area contributed by atoms with Crippen LogP contribution in [0, 0.1) is 6.92 Å². The molecule has 0 aliphatic heterocycles. The molecule has 0 aliphatic rings. The van der Waals surface area contributed by atoms with E-state index in [0.29, 0.717) is 5.56 Å². The monoisotopic (exact) mass is 224 g/mol. The summed E-state index contributed by atoms with van der Waals surface area (Å²) in [6.07, 6.45) is -0.313. The maximum Gasteiger partial charge on any atom is 0.266 e. The first-order chi connectivity index (χ1) is 7.30. The summed E-state index contributed by atoms with van der Waals surface area (Å²) in [6.45, 7) is 5.84. The Hall–Kier alpha value is -1.51. The first-order valence-corrected chi connectivity index (χ1v) is 4.96. The third-order valence-corrected chi connectivity index (χ3v) is 2.33. The van der Waals surface area contributed by atoms with Gasteiger partial charge in [-0.05, 0) is 18.6 Å². The van der Waals surface area contributed by atoms with E-state index < -0.39 is 5.92 Å². The zero-order valence-corrected chi connectivity index (χ0v) is 9.39. The quantitative estimate of drug-likeness (QED) is 0.562. The lowest BCUT2D eigenvalue weighted by molar-refractivity contribution is 0.0579. The average molecular weight is 224 g/mol. The van der Waals surface area contributed by atoms with Gasteiger partial charge < -0.3 is 0 Å². The minimum absolute atomic E-state index is 0.313. The highest BCUT2D eigenvalue weighted by atomic mass is 19.3. The zero-order valence-electron chi connectivity index (χ0n) is 9.39. The van der Waals surface area contributed by atoms with Gasteiger partial charge in [-0.25, -0.2) is 8.78 Å². The molecule has 0 spiro atoms. The molecule has 0 unspecified atom stereocenters. The fourth-order valence-electron chi connectivity index (χ4n) is 1.27. The van der Waals surface area contributed by atoms with E-state index in [2.05, 4.69) is 6.58 Å². The van der Waals surface area contributed by atoms with Gasteiger partial charge in [-0.2, -0.15) is 0 Å². The topological polar surface area (TPSA) is 17.1 Å². The van der Waals surface area contributed by atoms with Crippen molar-refractivity contribution >= 4 is 5.78 Å². The third kappa shape index (κ3) is 3.26. The lowest BCUT2D eigenvalue weighted by atomic mass is 10.00. The Labute approximate surface area is 93.8 Å². The Kier molecular flexibility index (Phi) is 3.58. The first kappa shape index (κ1) is 12.6. The molecule has 0 heterocycles. The summed E-state index contributed by atoms with van der Waals surface area (Å²) in [5.41, 5.74) is 1.03. The maximum atomic E-state index is 12.8. The Morgan fingerprint density at radius 3 is 2.56 bits per heavy atom. The van der Waals surface area contributed by atoms with Gasteiger partial charge in [-0.3, -0.25) is 4.79 Å². The van der Waals surface area contributed by atoms with Crippen molar-refractivity contribution in [1.82, 2.24) is 0 Å².